The van der Waals surface area contributed by atoms with Crippen LogP contribution in [0.4, 0.5) is 4.79 Å². The van der Waals surface area contributed by atoms with Gasteiger partial charge in [-0.25, -0.2) is 4.79 Å². The summed E-state index contributed by atoms with van der Waals surface area (Å²) in [6, 6.07) is 23.3. The van der Waals surface area contributed by atoms with Crippen molar-refractivity contribution < 1.29 is 14.0 Å². The molecule has 194 valence electrons. The topological polar surface area (TPSA) is 62.6 Å². The van der Waals surface area contributed by atoms with Crippen LogP contribution in [0.1, 0.15) is 67.2 Å². The zero-order chi connectivity index (χ0) is 26.4. The molecular formula is C30H42N2O3Si. The molecule has 0 N–H and O–H groups in total. The first-order chi connectivity index (χ1) is 17.0. The highest BCUT2D eigenvalue weighted by molar-refractivity contribution is 6.99. The maximum atomic E-state index is 13.3. The number of amides is 1. The predicted molar refractivity (Wildman–Crippen MR) is 148 cm³/mol. The third-order valence-electron chi connectivity index (χ3n) is 6.92. The van der Waals surface area contributed by atoms with E-state index in [1.54, 1.807) is 0 Å². The van der Waals surface area contributed by atoms with Crippen LogP contribution in [0, 0.1) is 17.2 Å². The summed E-state index contributed by atoms with van der Waals surface area (Å²) in [5.74, 6) is -0.108. The molecule has 36 heavy (non-hydrogen) atoms. The smallest absolute Gasteiger partial charge is 0.410 e. The van der Waals surface area contributed by atoms with Gasteiger partial charge < -0.3 is 14.1 Å². The van der Waals surface area contributed by atoms with Crippen LogP contribution >= 0.6 is 0 Å². The van der Waals surface area contributed by atoms with Crippen molar-refractivity contribution in [1.29, 1.82) is 5.26 Å². The van der Waals surface area contributed by atoms with Crippen LogP contribution in [0.3, 0.4) is 0 Å². The molecule has 1 fully saturated rings. The lowest BCUT2D eigenvalue weighted by atomic mass is 9.93. The average molecular weight is 507 g/mol. The molecule has 2 aromatic rings. The van der Waals surface area contributed by atoms with E-state index in [0.29, 0.717) is 19.6 Å². The monoisotopic (exact) mass is 506 g/mol. The van der Waals surface area contributed by atoms with Crippen molar-refractivity contribution in [1.82, 2.24) is 4.90 Å². The molecule has 0 spiro atoms. The number of nitrogens with zero attached hydrogens (tertiary/aromatic N) is 2. The molecule has 1 amide bonds. The van der Waals surface area contributed by atoms with E-state index in [2.05, 4.69) is 75.4 Å². The largest absolute Gasteiger partial charge is 0.444 e. The standard InChI is InChI=1S/C30H42N2O3Si/c1-29(2,3)35-28(33)32-20-14-13-15-24(22-31)21-25(32)23-34-36(30(4,5)6,26-16-9-7-10-17-26)27-18-11-8-12-19-27/h7-12,16-19,24-25H,13-15,20-21,23H2,1-6H3/t24-,25+/m1/s1. The Morgan fingerprint density at radius 1 is 0.972 bits per heavy atom. The van der Waals surface area contributed by atoms with Gasteiger partial charge >= 0.3 is 6.09 Å². The molecule has 0 aliphatic carbocycles. The van der Waals surface area contributed by atoms with Crippen LogP contribution in [0.5, 0.6) is 0 Å². The number of nitriles is 1. The summed E-state index contributed by atoms with van der Waals surface area (Å²) in [6.07, 6.45) is 2.91. The first-order valence-corrected chi connectivity index (χ1v) is 15.0. The van der Waals surface area contributed by atoms with Crippen molar-refractivity contribution >= 4 is 24.8 Å². The highest BCUT2D eigenvalue weighted by Crippen LogP contribution is 2.37. The van der Waals surface area contributed by atoms with Gasteiger partial charge in [0.25, 0.3) is 8.32 Å². The highest BCUT2D eigenvalue weighted by atomic mass is 28.4. The van der Waals surface area contributed by atoms with Gasteiger partial charge in [0.1, 0.15) is 5.60 Å². The minimum Gasteiger partial charge on any atom is -0.444 e. The Balaban J connectivity index is 2.04. The second-order valence-corrected chi connectivity index (χ2v) is 16.2. The molecule has 0 aromatic heterocycles. The lowest BCUT2D eigenvalue weighted by Gasteiger charge is -2.45. The Kier molecular flexibility index (Phi) is 9.02. The number of ether oxygens (including phenoxy) is 1. The molecule has 1 aliphatic heterocycles. The Labute approximate surface area is 218 Å². The van der Waals surface area contributed by atoms with Crippen LogP contribution < -0.4 is 10.4 Å². The van der Waals surface area contributed by atoms with Gasteiger partial charge in [-0.05, 0) is 55.4 Å². The maximum Gasteiger partial charge on any atom is 0.410 e. The fourth-order valence-electron chi connectivity index (χ4n) is 5.25. The molecule has 0 unspecified atom stereocenters. The van der Waals surface area contributed by atoms with Crippen LogP contribution in [-0.2, 0) is 9.16 Å². The van der Waals surface area contributed by atoms with E-state index >= 15 is 0 Å². The molecule has 0 saturated carbocycles. The average Bonchev–Trinajstić information content (AvgIpc) is 2.80. The van der Waals surface area contributed by atoms with Crippen LogP contribution in [0.2, 0.25) is 5.04 Å². The first kappa shape index (κ1) is 28.0. The lowest BCUT2D eigenvalue weighted by Crippen LogP contribution is -2.67. The van der Waals surface area contributed by atoms with Crippen molar-refractivity contribution in [2.45, 2.75) is 83.9 Å². The van der Waals surface area contributed by atoms with Crippen molar-refractivity contribution in [3.8, 4) is 6.07 Å². The van der Waals surface area contributed by atoms with Crippen molar-refractivity contribution in [2.75, 3.05) is 13.2 Å². The summed E-state index contributed by atoms with van der Waals surface area (Å²) in [5.41, 5.74) is -0.586. The normalized spacial score (nSPS) is 19.6. The van der Waals surface area contributed by atoms with Crippen LogP contribution in [0.25, 0.3) is 0 Å². The molecule has 2 aromatic carbocycles. The minimum atomic E-state index is -2.77. The zero-order valence-corrected chi connectivity index (χ0v) is 23.8. The number of carbonyl (C=O) groups is 1. The molecule has 3 rings (SSSR count). The number of hydrogen-bond donors (Lipinski definition) is 0. The minimum absolute atomic E-state index is 0.108. The van der Waals surface area contributed by atoms with Gasteiger partial charge in [-0.2, -0.15) is 5.26 Å². The molecular weight excluding hydrogens is 464 g/mol. The van der Waals surface area contributed by atoms with Gasteiger partial charge in [-0.3, -0.25) is 0 Å². The van der Waals surface area contributed by atoms with Gasteiger partial charge in [0, 0.05) is 12.5 Å². The summed E-state index contributed by atoms with van der Waals surface area (Å²) in [6.45, 7) is 13.4. The Morgan fingerprint density at radius 3 is 2.00 bits per heavy atom. The number of benzene rings is 2. The van der Waals surface area contributed by atoms with E-state index in [1.807, 2.05) is 37.8 Å². The fourth-order valence-corrected chi connectivity index (χ4v) is 9.85. The van der Waals surface area contributed by atoms with E-state index in [9.17, 15) is 10.1 Å². The molecule has 1 saturated heterocycles. The third-order valence-corrected chi connectivity index (χ3v) is 11.9. The Hall–Kier alpha value is -2.62. The quantitative estimate of drug-likeness (QED) is 0.475. The van der Waals surface area contributed by atoms with Gasteiger partial charge in [-0.1, -0.05) is 87.9 Å². The summed E-state index contributed by atoms with van der Waals surface area (Å²) < 4.78 is 13.0. The van der Waals surface area contributed by atoms with Crippen molar-refractivity contribution in [3.05, 3.63) is 60.7 Å². The number of rotatable bonds is 5. The van der Waals surface area contributed by atoms with E-state index in [-0.39, 0.29) is 23.1 Å². The SMILES string of the molecule is CC(C)(C)OC(=O)N1CCCC[C@@H](C#N)C[C@H]1CO[Si](c1ccccc1)(c1ccccc1)C(C)(C)C. The molecule has 1 heterocycles. The number of hydrogen-bond acceptors (Lipinski definition) is 4. The van der Waals surface area contributed by atoms with Gasteiger partial charge in [0.05, 0.1) is 18.7 Å². The zero-order valence-electron chi connectivity index (χ0n) is 22.8. The lowest BCUT2D eigenvalue weighted by molar-refractivity contribution is 0.00552. The second-order valence-electron chi connectivity index (χ2n) is 11.9. The highest BCUT2D eigenvalue weighted by Gasteiger charge is 2.50. The van der Waals surface area contributed by atoms with Gasteiger partial charge in [0.2, 0.25) is 0 Å². The maximum absolute atomic E-state index is 13.3. The third kappa shape index (κ3) is 6.57. The molecule has 6 heteroatoms. The van der Waals surface area contributed by atoms with Gasteiger partial charge in [0.15, 0.2) is 0 Å². The molecule has 0 radical (unpaired) electrons. The van der Waals surface area contributed by atoms with E-state index < -0.39 is 13.9 Å². The number of carbonyl (C=O) groups excluding carboxylic acids is 1. The first-order valence-electron chi connectivity index (χ1n) is 13.1. The fraction of sp³-hybridized carbons (Fsp3) is 0.533. The van der Waals surface area contributed by atoms with Crippen LogP contribution in [0.15, 0.2) is 60.7 Å². The molecule has 0 bridgehead atoms. The summed E-state index contributed by atoms with van der Waals surface area (Å²) in [4.78, 5) is 15.1. The molecule has 2 atom stereocenters. The van der Waals surface area contributed by atoms with Crippen molar-refractivity contribution in [2.24, 2.45) is 5.92 Å². The van der Waals surface area contributed by atoms with E-state index in [1.165, 1.54) is 10.4 Å². The van der Waals surface area contributed by atoms with E-state index in [0.717, 1.165) is 19.3 Å². The van der Waals surface area contributed by atoms with Gasteiger partial charge in [-0.15, -0.1) is 0 Å². The Morgan fingerprint density at radius 2 is 1.53 bits per heavy atom. The van der Waals surface area contributed by atoms with E-state index in [4.69, 9.17) is 9.16 Å². The Bertz CT molecular complexity index is 983. The molecule has 1 aliphatic rings. The second kappa shape index (κ2) is 11.6. The number of likely N-dealkylation sites (tertiary alicyclic amines) is 1. The summed E-state index contributed by atoms with van der Waals surface area (Å²) >= 11 is 0. The van der Waals surface area contributed by atoms with Crippen LogP contribution in [-0.4, -0.2) is 44.1 Å². The predicted octanol–water partition coefficient (Wildman–Crippen LogP) is 5.88. The summed E-state index contributed by atoms with van der Waals surface area (Å²) in [5, 5.41) is 12.1. The molecule has 5 nitrogen and oxygen atoms in total. The summed E-state index contributed by atoms with van der Waals surface area (Å²) in [7, 11) is -2.77. The van der Waals surface area contributed by atoms with Crippen molar-refractivity contribution in [3.63, 3.8) is 0 Å².